The Morgan fingerprint density at radius 3 is 2.28 bits per heavy atom. The van der Waals surface area contributed by atoms with Crippen LogP contribution in [0.25, 0.3) is 10.8 Å². The van der Waals surface area contributed by atoms with Gasteiger partial charge in [-0.1, -0.05) is 42.5 Å². The number of nitrogens with one attached hydrogen (secondary N) is 1. The quantitative estimate of drug-likeness (QED) is 0.158. The molecule has 3 nitrogen and oxygen atoms in total. The zero-order chi connectivity index (χ0) is 23.6. The van der Waals surface area contributed by atoms with E-state index in [4.69, 9.17) is 4.74 Å². The van der Waals surface area contributed by atoms with E-state index in [9.17, 15) is 30.7 Å². The van der Waals surface area contributed by atoms with Crippen molar-refractivity contribution in [1.82, 2.24) is 5.43 Å². The van der Waals surface area contributed by atoms with Crippen LogP contribution in [0.1, 0.15) is 11.1 Å². The highest BCUT2D eigenvalue weighted by molar-refractivity contribution is 9.10. The molecule has 1 N–H and O–H groups in total. The van der Waals surface area contributed by atoms with Crippen molar-refractivity contribution in [3.63, 3.8) is 0 Å². The molecule has 0 bridgehead atoms. The molecule has 0 fully saturated rings. The zero-order valence-corrected chi connectivity index (χ0v) is 17.5. The van der Waals surface area contributed by atoms with Gasteiger partial charge in [-0.25, -0.2) is 5.43 Å². The largest absolute Gasteiger partial charge is 0.488 e. The van der Waals surface area contributed by atoms with Gasteiger partial charge in [0.15, 0.2) is 0 Å². The summed E-state index contributed by atoms with van der Waals surface area (Å²) in [7, 11) is 0. The maximum Gasteiger partial charge on any atom is 0.462 e. The minimum atomic E-state index is -6.44. The van der Waals surface area contributed by atoms with Crippen LogP contribution in [-0.2, 0) is 6.61 Å². The summed E-state index contributed by atoms with van der Waals surface area (Å²) in [6.45, 7) is 0.230. The third-order valence-corrected chi connectivity index (χ3v) is 5.01. The smallest absolute Gasteiger partial charge is 0.462 e. The molecule has 0 aromatic heterocycles. The van der Waals surface area contributed by atoms with Gasteiger partial charge < -0.3 is 4.74 Å². The number of hydrogen-bond donors (Lipinski definition) is 1. The monoisotopic (exact) mass is 522 g/mol. The Hall–Kier alpha value is -2.82. The Balaban J connectivity index is 1.67. The van der Waals surface area contributed by atoms with Crippen LogP contribution in [-0.4, -0.2) is 24.4 Å². The molecule has 0 amide bonds. The Kier molecular flexibility index (Phi) is 6.68. The molecule has 0 atom stereocenters. The summed E-state index contributed by atoms with van der Waals surface area (Å²) < 4.78 is 94.6. The van der Waals surface area contributed by atoms with Crippen molar-refractivity contribution in [3.8, 4) is 5.75 Å². The van der Waals surface area contributed by atoms with Crippen molar-refractivity contribution in [2.75, 3.05) is 0 Å². The van der Waals surface area contributed by atoms with Gasteiger partial charge in [0.1, 0.15) is 12.4 Å². The molecule has 0 saturated carbocycles. The first-order valence-electron chi connectivity index (χ1n) is 8.94. The van der Waals surface area contributed by atoms with Gasteiger partial charge in [0.05, 0.1) is 10.7 Å². The molecule has 0 radical (unpaired) electrons. The molecule has 3 aromatic rings. The number of ether oxygens (including phenoxy) is 1. The second-order valence-electron chi connectivity index (χ2n) is 6.63. The molecule has 0 spiro atoms. The maximum atomic E-state index is 13.2. The predicted octanol–water partition coefficient (Wildman–Crippen LogP) is 6.90. The fraction of sp³-hybridized carbons (Fsp3) is 0.190. The lowest BCUT2D eigenvalue weighted by Gasteiger charge is -2.27. The van der Waals surface area contributed by atoms with Crippen LogP contribution >= 0.6 is 15.9 Å². The highest BCUT2D eigenvalue weighted by Crippen LogP contribution is 2.45. The van der Waals surface area contributed by atoms with E-state index >= 15 is 0 Å². The Bertz CT molecular complexity index is 1130. The van der Waals surface area contributed by atoms with Gasteiger partial charge >= 0.3 is 18.1 Å². The Labute approximate surface area is 186 Å². The number of nitrogens with zero attached hydrogens (tertiary/aromatic N) is 1. The first-order valence-corrected chi connectivity index (χ1v) is 9.73. The molecule has 0 aliphatic carbocycles. The maximum absolute atomic E-state index is 13.2. The van der Waals surface area contributed by atoms with Crippen molar-refractivity contribution >= 4 is 32.9 Å². The minimum Gasteiger partial charge on any atom is -0.488 e. The fourth-order valence-corrected chi connectivity index (χ4v) is 3.24. The molecule has 0 unspecified atom stereocenters. The van der Waals surface area contributed by atoms with Crippen LogP contribution in [0.15, 0.2) is 70.2 Å². The summed E-state index contributed by atoms with van der Waals surface area (Å²) in [4.78, 5) is 0. The number of rotatable bonds is 7. The standard InChI is InChI=1S/C21H14BrF7N2O/c22-17-10-13(11-30-31-21(28,29)19(23,24)20(25,26)27)8-9-18(17)32-12-15-6-3-5-14-4-1-2-7-16(14)15/h1-11,31H,12H2/b30-11+. The first-order chi connectivity index (χ1) is 14.9. The highest BCUT2D eigenvalue weighted by Gasteiger charge is 2.73. The Morgan fingerprint density at radius 2 is 1.59 bits per heavy atom. The number of hydrogen-bond acceptors (Lipinski definition) is 3. The van der Waals surface area contributed by atoms with Crippen molar-refractivity contribution in [2.24, 2.45) is 5.10 Å². The molecule has 0 aliphatic heterocycles. The first kappa shape index (κ1) is 23.8. The lowest BCUT2D eigenvalue weighted by Crippen LogP contribution is -2.58. The third-order valence-electron chi connectivity index (χ3n) is 4.39. The molecule has 3 aromatic carbocycles. The molecule has 170 valence electrons. The average Bonchev–Trinajstić information content (AvgIpc) is 2.72. The van der Waals surface area contributed by atoms with Crippen LogP contribution in [0.4, 0.5) is 30.7 Å². The van der Waals surface area contributed by atoms with Gasteiger partial charge in [0.2, 0.25) is 0 Å². The molecular weight excluding hydrogens is 509 g/mol. The lowest BCUT2D eigenvalue weighted by atomic mass is 10.1. The number of fused-ring (bicyclic) bond motifs is 1. The average molecular weight is 523 g/mol. The summed E-state index contributed by atoms with van der Waals surface area (Å²) in [5.41, 5.74) is 1.65. The van der Waals surface area contributed by atoms with E-state index in [2.05, 4.69) is 21.0 Å². The second-order valence-corrected chi connectivity index (χ2v) is 7.49. The van der Waals surface area contributed by atoms with Gasteiger partial charge in [-0.3, -0.25) is 0 Å². The summed E-state index contributed by atoms with van der Waals surface area (Å²) in [6, 6.07) is 12.1. The number of halogens is 8. The van der Waals surface area contributed by atoms with E-state index in [1.165, 1.54) is 18.2 Å². The third kappa shape index (κ3) is 4.98. The highest BCUT2D eigenvalue weighted by atomic mass is 79.9. The fourth-order valence-electron chi connectivity index (χ4n) is 2.72. The van der Waals surface area contributed by atoms with Crippen molar-refractivity contribution in [3.05, 3.63) is 76.3 Å². The lowest BCUT2D eigenvalue weighted by molar-refractivity contribution is -0.361. The Morgan fingerprint density at radius 1 is 0.906 bits per heavy atom. The number of hydrazone groups is 1. The van der Waals surface area contributed by atoms with Crippen LogP contribution in [0.3, 0.4) is 0 Å². The number of alkyl halides is 7. The van der Waals surface area contributed by atoms with E-state index < -0.39 is 18.1 Å². The van der Waals surface area contributed by atoms with Crippen LogP contribution < -0.4 is 10.2 Å². The normalized spacial score (nSPS) is 13.0. The van der Waals surface area contributed by atoms with E-state index in [0.717, 1.165) is 16.3 Å². The van der Waals surface area contributed by atoms with Crippen molar-refractivity contribution < 1.29 is 35.5 Å². The van der Waals surface area contributed by atoms with E-state index in [1.807, 2.05) is 42.5 Å². The van der Waals surface area contributed by atoms with Crippen LogP contribution in [0.5, 0.6) is 5.75 Å². The molecule has 0 saturated heterocycles. The van der Waals surface area contributed by atoms with E-state index in [1.54, 1.807) is 0 Å². The van der Waals surface area contributed by atoms with Gasteiger partial charge in [-0.05, 0) is 56.0 Å². The minimum absolute atomic E-state index is 0.146. The summed E-state index contributed by atoms with van der Waals surface area (Å²) >= 11 is 3.24. The van der Waals surface area contributed by atoms with Crippen molar-refractivity contribution in [2.45, 2.75) is 24.8 Å². The molecule has 11 heteroatoms. The van der Waals surface area contributed by atoms with Crippen LogP contribution in [0.2, 0.25) is 0 Å². The van der Waals surface area contributed by atoms with Gasteiger partial charge in [-0.2, -0.15) is 35.8 Å². The number of benzene rings is 3. The second kappa shape index (κ2) is 8.97. The van der Waals surface area contributed by atoms with Gasteiger partial charge in [0.25, 0.3) is 0 Å². The molecular formula is C21H14BrF7N2O. The summed E-state index contributed by atoms with van der Waals surface area (Å²) in [6.07, 6.45) is -5.76. The van der Waals surface area contributed by atoms with Crippen LogP contribution in [0, 0.1) is 0 Å². The predicted molar refractivity (Wildman–Crippen MR) is 109 cm³/mol. The van der Waals surface area contributed by atoms with E-state index in [0.29, 0.717) is 21.9 Å². The van der Waals surface area contributed by atoms with E-state index in [-0.39, 0.29) is 12.2 Å². The molecule has 0 heterocycles. The zero-order valence-electron chi connectivity index (χ0n) is 15.9. The topological polar surface area (TPSA) is 33.6 Å². The SMILES string of the molecule is FC(F)(F)C(F)(F)C(F)(F)N/N=C/c1ccc(OCc2cccc3ccccc23)c(Br)c1. The summed E-state index contributed by atoms with van der Waals surface area (Å²) in [5, 5.41) is 4.88. The molecule has 32 heavy (non-hydrogen) atoms. The molecule has 0 aliphatic rings. The van der Waals surface area contributed by atoms with Gasteiger partial charge in [0, 0.05) is 0 Å². The summed E-state index contributed by atoms with van der Waals surface area (Å²) in [5.74, 6) is -5.89. The molecule has 3 rings (SSSR count). The van der Waals surface area contributed by atoms with Crippen molar-refractivity contribution in [1.29, 1.82) is 0 Å². The van der Waals surface area contributed by atoms with Gasteiger partial charge in [-0.15, -0.1) is 0 Å².